The normalized spacial score (nSPS) is 13.5. The second-order valence-corrected chi connectivity index (χ2v) is 14.9. The molecule has 11 heteroatoms. The van der Waals surface area contributed by atoms with Crippen LogP contribution in [0.3, 0.4) is 0 Å². The monoisotopic (exact) mass is 542 g/mol. The van der Waals surface area contributed by atoms with Crippen molar-refractivity contribution in [1.82, 2.24) is 0 Å². The molecule has 0 aliphatic rings. The lowest BCUT2D eigenvalue weighted by Gasteiger charge is -2.36. The van der Waals surface area contributed by atoms with Gasteiger partial charge in [0.2, 0.25) is 0 Å². The second kappa shape index (κ2) is 23.2. The van der Waals surface area contributed by atoms with E-state index in [2.05, 4.69) is 0 Å². The van der Waals surface area contributed by atoms with Crippen LogP contribution in [-0.4, -0.2) is 94.0 Å². The van der Waals surface area contributed by atoms with Crippen molar-refractivity contribution in [3.63, 3.8) is 0 Å². The van der Waals surface area contributed by atoms with Crippen LogP contribution in [0, 0.1) is 0 Å². The molecule has 0 aromatic heterocycles. The lowest BCUT2D eigenvalue weighted by Crippen LogP contribution is -2.53. The van der Waals surface area contributed by atoms with Gasteiger partial charge in [0.1, 0.15) is 6.79 Å². The second-order valence-electron chi connectivity index (χ2n) is 8.66. The first-order valence-electron chi connectivity index (χ1n) is 13.0. The van der Waals surface area contributed by atoms with Crippen LogP contribution in [0.2, 0.25) is 11.6 Å². The summed E-state index contributed by atoms with van der Waals surface area (Å²) in [5, 5.41) is 0. The van der Waals surface area contributed by atoms with Gasteiger partial charge in [0.15, 0.2) is 0 Å². The van der Waals surface area contributed by atoms with Gasteiger partial charge in [-0.05, 0) is 32.1 Å². The van der Waals surface area contributed by atoms with E-state index in [9.17, 15) is 0 Å². The van der Waals surface area contributed by atoms with Crippen molar-refractivity contribution in [2.75, 3.05) is 76.4 Å². The van der Waals surface area contributed by atoms with Crippen LogP contribution in [-0.2, 0) is 40.8 Å². The van der Waals surface area contributed by atoms with Crippen molar-refractivity contribution >= 4 is 17.6 Å². The highest BCUT2D eigenvalue weighted by atomic mass is 28.4. The number of unbranched alkanes of at least 4 members (excludes halogenated alkanes) is 8. The van der Waals surface area contributed by atoms with Crippen molar-refractivity contribution in [2.24, 2.45) is 0 Å². The minimum atomic E-state index is -2.85. The molecule has 1 unspecified atom stereocenters. The minimum absolute atomic E-state index is 0.0593. The van der Waals surface area contributed by atoms with Crippen LogP contribution in [0.1, 0.15) is 70.6 Å². The summed E-state index contributed by atoms with van der Waals surface area (Å²) < 4.78 is 50.2. The molecule has 0 aromatic rings. The molecule has 0 bridgehead atoms. The summed E-state index contributed by atoms with van der Waals surface area (Å²) in [6.45, 7) is 2.86. The van der Waals surface area contributed by atoms with E-state index in [1.54, 1.807) is 49.8 Å². The zero-order valence-corrected chi connectivity index (χ0v) is 25.6. The van der Waals surface area contributed by atoms with Gasteiger partial charge in [-0.1, -0.05) is 38.5 Å². The fraction of sp³-hybridized carbons (Fsp3) is 1.00. The van der Waals surface area contributed by atoms with Gasteiger partial charge in [0.05, 0.1) is 0 Å². The van der Waals surface area contributed by atoms with Gasteiger partial charge in [-0.15, -0.1) is 0 Å². The van der Waals surface area contributed by atoms with Crippen molar-refractivity contribution in [1.29, 1.82) is 0 Å². The van der Waals surface area contributed by atoms with Gasteiger partial charge < -0.3 is 40.8 Å². The van der Waals surface area contributed by atoms with Gasteiger partial charge >= 0.3 is 17.6 Å². The fourth-order valence-electron chi connectivity index (χ4n) is 4.26. The predicted molar refractivity (Wildman–Crippen MR) is 142 cm³/mol. The summed E-state index contributed by atoms with van der Waals surface area (Å²) >= 11 is 0. The zero-order valence-electron chi connectivity index (χ0n) is 23.6. The van der Waals surface area contributed by atoms with E-state index in [4.69, 9.17) is 40.8 Å². The Morgan fingerprint density at radius 1 is 0.486 bits per heavy atom. The Balaban J connectivity index is 4.03. The molecule has 0 N–H and O–H groups in total. The standard InChI is InChI=1S/C24H54O9Si2/c1-25-23-33-21-17-13-16-20-32-19-15-12-10-8-9-11-14-18-24(35(29-5,30-6)31-7)22-34(26-2,27-3)28-4/h24H,8-23H2,1-7H3. The van der Waals surface area contributed by atoms with Crippen LogP contribution >= 0.6 is 0 Å². The van der Waals surface area contributed by atoms with Gasteiger partial charge in [-0.3, -0.25) is 0 Å². The third-order valence-corrected chi connectivity index (χ3v) is 12.9. The van der Waals surface area contributed by atoms with Gasteiger partial charge in [0, 0.05) is 81.2 Å². The molecule has 0 heterocycles. The Morgan fingerprint density at radius 3 is 1.37 bits per heavy atom. The van der Waals surface area contributed by atoms with E-state index in [0.717, 1.165) is 58.3 Å². The Hall–Kier alpha value is 0.0738. The topological polar surface area (TPSA) is 83.1 Å². The summed E-state index contributed by atoms with van der Waals surface area (Å²) in [6, 6.07) is 0.611. The SMILES string of the molecule is COCOCCCCCOCCCCCCCCCC(C[Si](OC)(OC)OC)[Si](OC)(OC)OC. The van der Waals surface area contributed by atoms with Gasteiger partial charge in [0.25, 0.3) is 0 Å². The number of ether oxygens (including phenoxy) is 3. The quantitative estimate of drug-likeness (QED) is 0.0805. The van der Waals surface area contributed by atoms with Crippen molar-refractivity contribution < 1.29 is 40.8 Å². The molecular formula is C24H54O9Si2. The van der Waals surface area contributed by atoms with Gasteiger partial charge in [-0.25, -0.2) is 0 Å². The first-order chi connectivity index (χ1) is 17.0. The summed E-state index contributed by atoms with van der Waals surface area (Å²) in [6.07, 6.45) is 12.6. The summed E-state index contributed by atoms with van der Waals surface area (Å²) in [5.74, 6) is 0. The fourth-order valence-corrected chi connectivity index (χ4v) is 9.88. The molecular weight excluding hydrogens is 488 g/mol. The van der Waals surface area contributed by atoms with Crippen LogP contribution < -0.4 is 0 Å². The van der Waals surface area contributed by atoms with Crippen LogP contribution in [0.4, 0.5) is 0 Å². The van der Waals surface area contributed by atoms with Gasteiger partial charge in [-0.2, -0.15) is 0 Å². The largest absolute Gasteiger partial charge is 0.503 e. The number of rotatable bonds is 27. The van der Waals surface area contributed by atoms with Crippen LogP contribution in [0.15, 0.2) is 0 Å². The van der Waals surface area contributed by atoms with E-state index < -0.39 is 17.6 Å². The number of methoxy groups -OCH3 is 1. The highest BCUT2D eigenvalue weighted by Crippen LogP contribution is 2.37. The van der Waals surface area contributed by atoms with Crippen molar-refractivity contribution in [2.45, 2.75) is 82.2 Å². The molecule has 0 amide bonds. The zero-order chi connectivity index (χ0) is 26.3. The third-order valence-electron chi connectivity index (χ3n) is 6.40. The van der Waals surface area contributed by atoms with E-state index in [1.807, 2.05) is 0 Å². The lowest BCUT2D eigenvalue weighted by molar-refractivity contribution is -0.0318. The summed E-state index contributed by atoms with van der Waals surface area (Å²) in [5.41, 5.74) is 0.0593. The lowest BCUT2D eigenvalue weighted by atomic mass is 10.1. The molecule has 0 aliphatic heterocycles. The first-order valence-corrected chi connectivity index (χ1v) is 16.7. The molecule has 0 rings (SSSR count). The van der Waals surface area contributed by atoms with Crippen LogP contribution in [0.25, 0.3) is 0 Å². The maximum Gasteiger partial charge on any atom is 0.503 e. The third kappa shape index (κ3) is 15.2. The summed E-state index contributed by atoms with van der Waals surface area (Å²) in [4.78, 5) is 0. The predicted octanol–water partition coefficient (Wildman–Crippen LogP) is 5.04. The highest BCUT2D eigenvalue weighted by molar-refractivity contribution is 6.67. The molecule has 0 radical (unpaired) electrons. The molecule has 0 spiro atoms. The molecule has 0 saturated heterocycles. The molecule has 0 aliphatic carbocycles. The Bertz CT molecular complexity index is 436. The molecule has 35 heavy (non-hydrogen) atoms. The van der Waals surface area contributed by atoms with E-state index in [-0.39, 0.29) is 5.54 Å². The van der Waals surface area contributed by atoms with E-state index in [1.165, 1.54) is 32.1 Å². The average molecular weight is 543 g/mol. The minimum Gasteiger partial charge on any atom is -0.381 e. The average Bonchev–Trinajstić information content (AvgIpc) is 2.90. The molecule has 9 nitrogen and oxygen atoms in total. The molecule has 0 aromatic carbocycles. The number of hydrogen-bond donors (Lipinski definition) is 0. The Kier molecular flexibility index (Phi) is 23.3. The molecule has 0 saturated carbocycles. The smallest absolute Gasteiger partial charge is 0.381 e. The maximum atomic E-state index is 5.79. The van der Waals surface area contributed by atoms with Crippen molar-refractivity contribution in [3.8, 4) is 0 Å². The first kappa shape index (κ1) is 35.1. The van der Waals surface area contributed by atoms with E-state index >= 15 is 0 Å². The highest BCUT2D eigenvalue weighted by Gasteiger charge is 2.53. The maximum absolute atomic E-state index is 5.79. The Labute approximate surface area is 217 Å². The number of hydrogen-bond acceptors (Lipinski definition) is 9. The van der Waals surface area contributed by atoms with E-state index in [0.29, 0.717) is 12.8 Å². The summed E-state index contributed by atoms with van der Waals surface area (Å²) in [7, 11) is 5.90. The molecule has 1 atom stereocenters. The molecule has 0 fully saturated rings. The molecule has 212 valence electrons. The van der Waals surface area contributed by atoms with Crippen LogP contribution in [0.5, 0.6) is 0 Å². The van der Waals surface area contributed by atoms with Crippen molar-refractivity contribution in [3.05, 3.63) is 0 Å². The Morgan fingerprint density at radius 2 is 0.914 bits per heavy atom.